The fourth-order valence-corrected chi connectivity index (χ4v) is 2.63. The number of aliphatic hydroxyl groups is 1. The fraction of sp³-hybridized carbons (Fsp3) is 0.714. The standard InChI is InChI=1S/C14H22FN3O/c1-3-11-12(15)13(17-9-16-11)18-14(8-19)6-4-10(2)5-7-14/h9-10,19H,3-8H2,1-2H3,(H,16,17,18). The van der Waals surface area contributed by atoms with Crippen LogP contribution >= 0.6 is 0 Å². The molecule has 4 nitrogen and oxygen atoms in total. The van der Waals surface area contributed by atoms with Gasteiger partial charge in [0, 0.05) is 0 Å². The number of aryl methyl sites for hydroxylation is 1. The number of anilines is 1. The SMILES string of the molecule is CCc1ncnc(NC2(CO)CCC(C)CC2)c1F. The van der Waals surface area contributed by atoms with Gasteiger partial charge in [0.1, 0.15) is 6.33 Å². The van der Waals surface area contributed by atoms with Gasteiger partial charge >= 0.3 is 0 Å². The number of hydrogen-bond acceptors (Lipinski definition) is 4. The maximum Gasteiger partial charge on any atom is 0.186 e. The molecule has 1 aliphatic carbocycles. The van der Waals surface area contributed by atoms with E-state index in [1.807, 2.05) is 6.92 Å². The molecule has 0 amide bonds. The van der Waals surface area contributed by atoms with Crippen LogP contribution < -0.4 is 5.32 Å². The zero-order valence-electron chi connectivity index (χ0n) is 11.6. The van der Waals surface area contributed by atoms with Crippen molar-refractivity contribution < 1.29 is 9.50 Å². The van der Waals surface area contributed by atoms with Gasteiger partial charge in [-0.2, -0.15) is 0 Å². The van der Waals surface area contributed by atoms with Crippen LogP contribution in [0.1, 0.15) is 45.2 Å². The van der Waals surface area contributed by atoms with Crippen LogP contribution in [0, 0.1) is 11.7 Å². The topological polar surface area (TPSA) is 58.0 Å². The molecule has 0 aromatic carbocycles. The summed E-state index contributed by atoms with van der Waals surface area (Å²) >= 11 is 0. The summed E-state index contributed by atoms with van der Waals surface area (Å²) in [7, 11) is 0. The number of aromatic nitrogens is 2. The van der Waals surface area contributed by atoms with Crippen molar-refractivity contribution in [2.75, 3.05) is 11.9 Å². The van der Waals surface area contributed by atoms with E-state index in [9.17, 15) is 9.50 Å². The van der Waals surface area contributed by atoms with Crippen molar-refractivity contribution >= 4 is 5.82 Å². The van der Waals surface area contributed by atoms with Crippen molar-refractivity contribution in [2.24, 2.45) is 5.92 Å². The number of hydrogen-bond donors (Lipinski definition) is 2. The largest absolute Gasteiger partial charge is 0.394 e. The summed E-state index contributed by atoms with van der Waals surface area (Å²) in [4.78, 5) is 7.91. The van der Waals surface area contributed by atoms with Gasteiger partial charge in [0.25, 0.3) is 0 Å². The number of nitrogens with one attached hydrogen (secondary N) is 1. The Kier molecular flexibility index (Phi) is 4.34. The van der Waals surface area contributed by atoms with Crippen LogP contribution in [0.25, 0.3) is 0 Å². The summed E-state index contributed by atoms with van der Waals surface area (Å²) in [6.45, 7) is 4.08. The molecule has 0 saturated heterocycles. The molecule has 1 fully saturated rings. The number of rotatable bonds is 4. The van der Waals surface area contributed by atoms with Crippen molar-refractivity contribution in [3.8, 4) is 0 Å². The Hall–Kier alpha value is -1.23. The molecule has 2 rings (SSSR count). The molecule has 106 valence electrons. The van der Waals surface area contributed by atoms with Gasteiger partial charge in [-0.05, 0) is 38.0 Å². The predicted molar refractivity (Wildman–Crippen MR) is 72.4 cm³/mol. The first-order valence-corrected chi connectivity index (χ1v) is 6.98. The summed E-state index contributed by atoms with van der Waals surface area (Å²) in [5.41, 5.74) is -0.0260. The average Bonchev–Trinajstić information content (AvgIpc) is 2.44. The summed E-state index contributed by atoms with van der Waals surface area (Å²) in [5, 5.41) is 12.8. The van der Waals surface area contributed by atoms with Gasteiger partial charge in [-0.25, -0.2) is 14.4 Å². The van der Waals surface area contributed by atoms with E-state index >= 15 is 0 Å². The highest BCUT2D eigenvalue weighted by Gasteiger charge is 2.34. The molecule has 0 unspecified atom stereocenters. The molecule has 1 aromatic rings. The highest BCUT2D eigenvalue weighted by atomic mass is 19.1. The molecule has 0 aliphatic heterocycles. The molecule has 19 heavy (non-hydrogen) atoms. The highest BCUT2D eigenvalue weighted by Crippen LogP contribution is 2.34. The van der Waals surface area contributed by atoms with Crippen LogP contribution in [-0.4, -0.2) is 27.2 Å². The van der Waals surface area contributed by atoms with Crippen LogP contribution in [0.5, 0.6) is 0 Å². The zero-order valence-corrected chi connectivity index (χ0v) is 11.6. The Balaban J connectivity index is 2.19. The van der Waals surface area contributed by atoms with E-state index < -0.39 is 11.4 Å². The Labute approximate surface area is 113 Å². The molecular formula is C14H22FN3O. The predicted octanol–water partition coefficient (Wildman–Crippen LogP) is 2.53. The van der Waals surface area contributed by atoms with Gasteiger partial charge in [-0.1, -0.05) is 13.8 Å². The fourth-order valence-electron chi connectivity index (χ4n) is 2.63. The minimum Gasteiger partial charge on any atom is -0.394 e. The van der Waals surface area contributed by atoms with Crippen LogP contribution in [0.2, 0.25) is 0 Å². The molecule has 1 aromatic heterocycles. The molecule has 5 heteroatoms. The second kappa shape index (κ2) is 5.82. The van der Waals surface area contributed by atoms with E-state index in [1.54, 1.807) is 0 Å². The zero-order chi connectivity index (χ0) is 13.9. The molecule has 1 aliphatic rings. The van der Waals surface area contributed by atoms with Gasteiger partial charge in [-0.15, -0.1) is 0 Å². The Morgan fingerprint density at radius 3 is 2.68 bits per heavy atom. The lowest BCUT2D eigenvalue weighted by Gasteiger charge is -2.39. The van der Waals surface area contributed by atoms with Gasteiger partial charge < -0.3 is 10.4 Å². The molecule has 1 saturated carbocycles. The van der Waals surface area contributed by atoms with Crippen LogP contribution in [0.15, 0.2) is 6.33 Å². The summed E-state index contributed by atoms with van der Waals surface area (Å²) in [6, 6.07) is 0. The Morgan fingerprint density at radius 2 is 2.11 bits per heavy atom. The van der Waals surface area contributed by atoms with Crippen molar-refractivity contribution in [1.29, 1.82) is 0 Å². The molecule has 0 spiro atoms. The number of halogens is 1. The molecule has 0 atom stereocenters. The molecule has 0 radical (unpaired) electrons. The first-order valence-electron chi connectivity index (χ1n) is 6.98. The van der Waals surface area contributed by atoms with Gasteiger partial charge in [-0.3, -0.25) is 0 Å². The minimum absolute atomic E-state index is 0.00458. The van der Waals surface area contributed by atoms with Crippen LogP contribution in [-0.2, 0) is 6.42 Å². The maximum atomic E-state index is 14.1. The normalized spacial score (nSPS) is 27.3. The van der Waals surface area contributed by atoms with E-state index in [0.29, 0.717) is 18.0 Å². The quantitative estimate of drug-likeness (QED) is 0.880. The van der Waals surface area contributed by atoms with E-state index in [1.165, 1.54) is 6.33 Å². The lowest BCUT2D eigenvalue weighted by Crippen LogP contribution is -2.45. The second-order valence-corrected chi connectivity index (χ2v) is 5.58. The van der Waals surface area contributed by atoms with Crippen molar-refractivity contribution in [2.45, 2.75) is 51.5 Å². The molecular weight excluding hydrogens is 245 g/mol. The lowest BCUT2D eigenvalue weighted by molar-refractivity contribution is 0.154. The Morgan fingerprint density at radius 1 is 1.42 bits per heavy atom. The third-order valence-corrected chi connectivity index (χ3v) is 4.11. The third kappa shape index (κ3) is 3.03. The monoisotopic (exact) mass is 267 g/mol. The highest BCUT2D eigenvalue weighted by molar-refractivity contribution is 5.40. The van der Waals surface area contributed by atoms with E-state index in [-0.39, 0.29) is 12.4 Å². The number of nitrogens with zero attached hydrogens (tertiary/aromatic N) is 2. The lowest BCUT2D eigenvalue weighted by atomic mass is 9.77. The molecule has 1 heterocycles. The smallest absolute Gasteiger partial charge is 0.186 e. The van der Waals surface area contributed by atoms with Crippen molar-refractivity contribution in [3.63, 3.8) is 0 Å². The third-order valence-electron chi connectivity index (χ3n) is 4.11. The second-order valence-electron chi connectivity index (χ2n) is 5.58. The number of aliphatic hydroxyl groups excluding tert-OH is 1. The van der Waals surface area contributed by atoms with Gasteiger partial charge in [0.05, 0.1) is 17.8 Å². The molecule has 0 bridgehead atoms. The van der Waals surface area contributed by atoms with E-state index in [2.05, 4.69) is 22.2 Å². The average molecular weight is 267 g/mol. The summed E-state index contributed by atoms with van der Waals surface area (Å²) in [5.74, 6) is 0.495. The first-order chi connectivity index (χ1) is 9.10. The van der Waals surface area contributed by atoms with Crippen molar-refractivity contribution in [3.05, 3.63) is 17.8 Å². The summed E-state index contributed by atoms with van der Waals surface area (Å²) in [6.07, 6.45) is 5.68. The van der Waals surface area contributed by atoms with E-state index in [4.69, 9.17) is 0 Å². The molecule has 2 N–H and O–H groups in total. The van der Waals surface area contributed by atoms with Gasteiger partial charge in [0.15, 0.2) is 11.6 Å². The first kappa shape index (κ1) is 14.2. The van der Waals surface area contributed by atoms with E-state index in [0.717, 1.165) is 25.7 Å². The van der Waals surface area contributed by atoms with Gasteiger partial charge in [0.2, 0.25) is 0 Å². The Bertz CT molecular complexity index is 431. The minimum atomic E-state index is -0.438. The van der Waals surface area contributed by atoms with Crippen LogP contribution in [0.4, 0.5) is 10.2 Å². The van der Waals surface area contributed by atoms with Crippen LogP contribution in [0.3, 0.4) is 0 Å². The summed E-state index contributed by atoms with van der Waals surface area (Å²) < 4.78 is 14.1. The van der Waals surface area contributed by atoms with Crippen molar-refractivity contribution in [1.82, 2.24) is 9.97 Å². The maximum absolute atomic E-state index is 14.1.